The average molecular weight is 284 g/mol. The molecule has 3 aliphatic heterocycles. The number of nitrogens with one attached hydrogen (secondary N) is 1. The molecule has 0 aliphatic carbocycles. The van der Waals surface area contributed by atoms with Crippen LogP contribution in [0.5, 0.6) is 0 Å². The first-order valence-corrected chi connectivity index (χ1v) is 9.08. The third-order valence-electron chi connectivity index (χ3n) is 5.17. The zero-order valence-corrected chi connectivity index (χ0v) is 13.0. The monoisotopic (exact) mass is 284 g/mol. The Bertz CT molecular complexity index is 282. The van der Waals surface area contributed by atoms with Gasteiger partial charge in [0, 0.05) is 25.2 Å². The van der Waals surface area contributed by atoms with Crippen LogP contribution in [0.1, 0.15) is 38.5 Å². The highest BCUT2D eigenvalue weighted by molar-refractivity contribution is 7.99. The molecule has 0 radical (unpaired) electrons. The number of rotatable bonds is 3. The molecular formula is C15H28N2OS. The lowest BCUT2D eigenvalue weighted by Crippen LogP contribution is -2.51. The van der Waals surface area contributed by atoms with Gasteiger partial charge in [0.1, 0.15) is 0 Å². The van der Waals surface area contributed by atoms with Crippen molar-refractivity contribution in [3.8, 4) is 0 Å². The van der Waals surface area contributed by atoms with Crippen molar-refractivity contribution in [2.45, 2.75) is 56.2 Å². The molecule has 3 saturated heterocycles. The minimum atomic E-state index is 0.228. The van der Waals surface area contributed by atoms with Crippen LogP contribution in [0.2, 0.25) is 0 Å². The number of thioether (sulfide) groups is 1. The Morgan fingerprint density at radius 3 is 2.89 bits per heavy atom. The van der Waals surface area contributed by atoms with Gasteiger partial charge < -0.3 is 15.0 Å². The van der Waals surface area contributed by atoms with E-state index in [1.54, 1.807) is 0 Å². The van der Waals surface area contributed by atoms with E-state index in [1.807, 2.05) is 0 Å². The van der Waals surface area contributed by atoms with Crippen LogP contribution in [0, 0.1) is 0 Å². The Hall–Kier alpha value is 0.230. The Balaban J connectivity index is 1.54. The molecule has 4 heteroatoms. The van der Waals surface area contributed by atoms with Gasteiger partial charge in [0.05, 0.1) is 5.60 Å². The summed E-state index contributed by atoms with van der Waals surface area (Å²) in [5.74, 6) is 2.58. The van der Waals surface area contributed by atoms with Crippen LogP contribution in [0.3, 0.4) is 0 Å². The number of likely N-dealkylation sites (N-methyl/N-ethyl adjacent to an activating group) is 1. The van der Waals surface area contributed by atoms with Gasteiger partial charge in [-0.1, -0.05) is 0 Å². The van der Waals surface area contributed by atoms with E-state index in [1.165, 1.54) is 63.1 Å². The molecule has 3 fully saturated rings. The van der Waals surface area contributed by atoms with Crippen molar-refractivity contribution in [3.63, 3.8) is 0 Å². The smallest absolute Gasteiger partial charge is 0.0713 e. The number of nitrogens with zero attached hydrogens (tertiary/aromatic N) is 1. The van der Waals surface area contributed by atoms with Gasteiger partial charge in [-0.05, 0) is 63.6 Å². The van der Waals surface area contributed by atoms with Gasteiger partial charge in [-0.3, -0.25) is 0 Å². The topological polar surface area (TPSA) is 24.5 Å². The van der Waals surface area contributed by atoms with Gasteiger partial charge in [-0.2, -0.15) is 11.8 Å². The summed E-state index contributed by atoms with van der Waals surface area (Å²) < 4.78 is 6.20. The second kappa shape index (κ2) is 6.33. The van der Waals surface area contributed by atoms with E-state index in [0.717, 1.165) is 18.7 Å². The fraction of sp³-hybridized carbons (Fsp3) is 1.00. The van der Waals surface area contributed by atoms with E-state index >= 15 is 0 Å². The molecule has 3 heterocycles. The predicted octanol–water partition coefficient (Wildman–Crippen LogP) is 2.11. The molecule has 1 spiro atoms. The highest BCUT2D eigenvalue weighted by atomic mass is 32.2. The molecule has 1 N–H and O–H groups in total. The standard InChI is InChI=1S/C15H28N2OS/c1-17(12-13-3-2-7-16-13)14-4-8-18-15(11-14)5-9-19-10-6-15/h13-14,16H,2-12H2,1H3. The van der Waals surface area contributed by atoms with E-state index in [0.29, 0.717) is 0 Å². The summed E-state index contributed by atoms with van der Waals surface area (Å²) in [7, 11) is 2.32. The molecule has 3 rings (SSSR count). The molecule has 3 nitrogen and oxygen atoms in total. The van der Waals surface area contributed by atoms with Crippen molar-refractivity contribution < 1.29 is 4.74 Å². The van der Waals surface area contributed by atoms with Crippen LogP contribution in [0.15, 0.2) is 0 Å². The molecule has 110 valence electrons. The number of ether oxygens (including phenoxy) is 1. The zero-order valence-electron chi connectivity index (χ0n) is 12.2. The summed E-state index contributed by atoms with van der Waals surface area (Å²) >= 11 is 2.09. The summed E-state index contributed by atoms with van der Waals surface area (Å²) in [4.78, 5) is 2.61. The Morgan fingerprint density at radius 1 is 1.32 bits per heavy atom. The molecule has 0 bridgehead atoms. The second-order valence-corrected chi connectivity index (χ2v) is 7.75. The molecular weight excluding hydrogens is 256 g/mol. The van der Waals surface area contributed by atoms with Gasteiger partial charge in [-0.25, -0.2) is 0 Å². The van der Waals surface area contributed by atoms with Crippen LogP contribution in [-0.4, -0.2) is 60.8 Å². The van der Waals surface area contributed by atoms with Crippen LogP contribution in [0.4, 0.5) is 0 Å². The molecule has 0 saturated carbocycles. The van der Waals surface area contributed by atoms with Crippen molar-refractivity contribution in [1.29, 1.82) is 0 Å². The van der Waals surface area contributed by atoms with E-state index in [2.05, 4.69) is 29.0 Å². The molecule has 0 amide bonds. The van der Waals surface area contributed by atoms with Gasteiger partial charge >= 0.3 is 0 Å². The summed E-state index contributed by atoms with van der Waals surface area (Å²) in [6, 6.07) is 1.46. The summed E-state index contributed by atoms with van der Waals surface area (Å²) in [5, 5.41) is 3.62. The maximum Gasteiger partial charge on any atom is 0.0713 e. The lowest BCUT2D eigenvalue weighted by Gasteiger charge is -2.46. The average Bonchev–Trinajstić information content (AvgIpc) is 2.92. The van der Waals surface area contributed by atoms with E-state index in [-0.39, 0.29) is 5.60 Å². The van der Waals surface area contributed by atoms with Crippen LogP contribution < -0.4 is 5.32 Å². The van der Waals surface area contributed by atoms with Gasteiger partial charge in [0.15, 0.2) is 0 Å². The van der Waals surface area contributed by atoms with Gasteiger partial charge in [-0.15, -0.1) is 0 Å². The van der Waals surface area contributed by atoms with Crippen molar-refractivity contribution >= 4 is 11.8 Å². The minimum absolute atomic E-state index is 0.228. The lowest BCUT2D eigenvalue weighted by atomic mass is 9.85. The van der Waals surface area contributed by atoms with Gasteiger partial charge in [0.2, 0.25) is 0 Å². The van der Waals surface area contributed by atoms with E-state index in [4.69, 9.17) is 4.74 Å². The molecule has 0 aromatic rings. The molecule has 2 unspecified atom stereocenters. The van der Waals surface area contributed by atoms with Crippen LogP contribution in [-0.2, 0) is 4.74 Å². The Morgan fingerprint density at radius 2 is 2.16 bits per heavy atom. The molecule has 19 heavy (non-hydrogen) atoms. The zero-order chi connectivity index (χ0) is 13.1. The molecule has 3 aliphatic rings. The quantitative estimate of drug-likeness (QED) is 0.858. The number of hydrogen-bond acceptors (Lipinski definition) is 4. The van der Waals surface area contributed by atoms with Crippen LogP contribution >= 0.6 is 11.8 Å². The fourth-order valence-electron chi connectivity index (χ4n) is 3.88. The largest absolute Gasteiger partial charge is 0.375 e. The van der Waals surface area contributed by atoms with Crippen LogP contribution in [0.25, 0.3) is 0 Å². The minimum Gasteiger partial charge on any atom is -0.375 e. The maximum atomic E-state index is 6.20. The molecule has 0 aromatic heterocycles. The van der Waals surface area contributed by atoms with Crippen molar-refractivity contribution in [1.82, 2.24) is 10.2 Å². The summed E-state index contributed by atoms with van der Waals surface area (Å²) in [6.07, 6.45) is 7.73. The first-order chi connectivity index (χ1) is 9.27. The number of hydrogen-bond donors (Lipinski definition) is 1. The second-order valence-electron chi connectivity index (χ2n) is 6.52. The Kier molecular flexibility index (Phi) is 4.73. The van der Waals surface area contributed by atoms with Crippen molar-refractivity contribution in [2.75, 3.05) is 38.2 Å². The van der Waals surface area contributed by atoms with Crippen molar-refractivity contribution in [3.05, 3.63) is 0 Å². The van der Waals surface area contributed by atoms with Gasteiger partial charge in [0.25, 0.3) is 0 Å². The fourth-order valence-corrected chi connectivity index (χ4v) is 5.12. The molecule has 0 aromatic carbocycles. The summed E-state index contributed by atoms with van der Waals surface area (Å²) in [6.45, 7) is 3.40. The Labute approximate surface area is 121 Å². The summed E-state index contributed by atoms with van der Waals surface area (Å²) in [5.41, 5.74) is 0.228. The first-order valence-electron chi connectivity index (χ1n) is 7.93. The molecule has 2 atom stereocenters. The first kappa shape index (κ1) is 14.2. The van der Waals surface area contributed by atoms with E-state index in [9.17, 15) is 0 Å². The lowest BCUT2D eigenvalue weighted by molar-refractivity contribution is -0.108. The highest BCUT2D eigenvalue weighted by Gasteiger charge is 2.40. The van der Waals surface area contributed by atoms with Crippen molar-refractivity contribution in [2.24, 2.45) is 0 Å². The predicted molar refractivity (Wildman–Crippen MR) is 81.9 cm³/mol. The SMILES string of the molecule is CN(CC1CCCN1)C1CCOC2(CCSCC2)C1. The van der Waals surface area contributed by atoms with E-state index < -0.39 is 0 Å². The maximum absolute atomic E-state index is 6.20. The third-order valence-corrected chi connectivity index (χ3v) is 6.15. The third kappa shape index (κ3) is 3.46. The normalized spacial score (nSPS) is 35.1. The highest BCUT2D eigenvalue weighted by Crippen LogP contribution is 2.38.